The second-order valence-electron chi connectivity index (χ2n) is 8.29. The van der Waals surface area contributed by atoms with Gasteiger partial charge in [0, 0.05) is 13.1 Å². The summed E-state index contributed by atoms with van der Waals surface area (Å²) in [5, 5.41) is 3.03. The largest absolute Gasteiger partial charge is 0.496 e. The van der Waals surface area contributed by atoms with Gasteiger partial charge in [0.1, 0.15) is 5.75 Å². The first-order valence-corrected chi connectivity index (χ1v) is 12.3. The third kappa shape index (κ3) is 5.28. The minimum Gasteiger partial charge on any atom is -0.496 e. The molecule has 1 saturated heterocycles. The summed E-state index contributed by atoms with van der Waals surface area (Å²) >= 11 is 0. The number of carbonyl (C=O) groups excluding carboxylic acids is 1. The Morgan fingerprint density at radius 2 is 1.81 bits per heavy atom. The molecule has 1 aliphatic heterocycles. The third-order valence-electron chi connectivity index (χ3n) is 5.99. The maximum atomic E-state index is 13.2. The van der Waals surface area contributed by atoms with Gasteiger partial charge in [-0.2, -0.15) is 4.31 Å². The second kappa shape index (κ2) is 9.83. The summed E-state index contributed by atoms with van der Waals surface area (Å²) < 4.78 is 33.2. The van der Waals surface area contributed by atoms with Crippen LogP contribution >= 0.6 is 0 Å². The number of hydrogen-bond donors (Lipinski definition) is 1. The zero-order valence-electron chi connectivity index (χ0n) is 18.7. The average Bonchev–Trinajstić information content (AvgIpc) is 2.77. The lowest BCUT2D eigenvalue weighted by atomic mass is 10.0. The van der Waals surface area contributed by atoms with Crippen molar-refractivity contribution in [1.82, 2.24) is 9.62 Å². The zero-order chi connectivity index (χ0) is 22.6. The van der Waals surface area contributed by atoms with E-state index in [1.165, 1.54) is 23.5 Å². The summed E-state index contributed by atoms with van der Waals surface area (Å²) in [7, 11) is -2.18. The van der Waals surface area contributed by atoms with Crippen molar-refractivity contribution in [2.75, 3.05) is 20.2 Å². The first-order chi connectivity index (χ1) is 14.8. The molecule has 0 bridgehead atoms. The van der Waals surface area contributed by atoms with E-state index >= 15 is 0 Å². The Morgan fingerprint density at radius 3 is 2.39 bits per heavy atom. The van der Waals surface area contributed by atoms with E-state index in [0.29, 0.717) is 31.2 Å². The number of benzene rings is 2. The number of hydrogen-bond acceptors (Lipinski definition) is 4. The Bertz CT molecular complexity index is 1010. The molecule has 1 N–H and O–H groups in total. The molecule has 0 saturated carbocycles. The van der Waals surface area contributed by atoms with Gasteiger partial charge in [-0.15, -0.1) is 0 Å². The molecule has 2 aromatic rings. The van der Waals surface area contributed by atoms with E-state index in [1.807, 2.05) is 38.1 Å². The van der Waals surface area contributed by atoms with Gasteiger partial charge in [0.2, 0.25) is 10.0 Å². The van der Waals surface area contributed by atoms with Crippen LogP contribution in [0.25, 0.3) is 0 Å². The topological polar surface area (TPSA) is 75.7 Å². The van der Waals surface area contributed by atoms with Crippen LogP contribution in [0.3, 0.4) is 0 Å². The molecule has 31 heavy (non-hydrogen) atoms. The van der Waals surface area contributed by atoms with E-state index in [4.69, 9.17) is 4.74 Å². The van der Waals surface area contributed by atoms with E-state index in [9.17, 15) is 13.2 Å². The highest BCUT2D eigenvalue weighted by Crippen LogP contribution is 2.28. The summed E-state index contributed by atoms with van der Waals surface area (Å²) in [5.74, 6) is 0.521. The number of amides is 1. The van der Waals surface area contributed by atoms with Gasteiger partial charge < -0.3 is 10.1 Å². The maximum Gasteiger partial charge on any atom is 0.255 e. The zero-order valence-corrected chi connectivity index (χ0v) is 19.5. The first-order valence-electron chi connectivity index (χ1n) is 10.8. The van der Waals surface area contributed by atoms with Crippen LogP contribution in [0, 0.1) is 12.8 Å². The fourth-order valence-electron chi connectivity index (χ4n) is 3.86. The van der Waals surface area contributed by atoms with Crippen LogP contribution in [0.1, 0.15) is 60.6 Å². The van der Waals surface area contributed by atoms with Gasteiger partial charge in [-0.1, -0.05) is 43.7 Å². The molecule has 0 aliphatic carbocycles. The van der Waals surface area contributed by atoms with Crippen molar-refractivity contribution < 1.29 is 17.9 Å². The Morgan fingerprint density at radius 1 is 1.16 bits per heavy atom. The number of rotatable bonds is 7. The van der Waals surface area contributed by atoms with Crippen LogP contribution in [0.2, 0.25) is 0 Å². The van der Waals surface area contributed by atoms with Crippen molar-refractivity contribution in [3.8, 4) is 5.75 Å². The van der Waals surface area contributed by atoms with Crippen molar-refractivity contribution in [2.24, 2.45) is 5.92 Å². The number of piperidine rings is 1. The van der Waals surface area contributed by atoms with E-state index in [2.05, 4.69) is 12.2 Å². The van der Waals surface area contributed by atoms with Gasteiger partial charge >= 0.3 is 0 Å². The monoisotopic (exact) mass is 444 g/mol. The summed E-state index contributed by atoms with van der Waals surface area (Å²) in [6, 6.07) is 12.3. The van der Waals surface area contributed by atoms with Gasteiger partial charge in [-0.3, -0.25) is 4.79 Å². The van der Waals surface area contributed by atoms with Crippen LogP contribution < -0.4 is 10.1 Å². The third-order valence-corrected chi connectivity index (χ3v) is 7.88. The van der Waals surface area contributed by atoms with E-state index in [-0.39, 0.29) is 22.4 Å². The van der Waals surface area contributed by atoms with Crippen molar-refractivity contribution in [3.63, 3.8) is 0 Å². The number of sulfonamides is 1. The smallest absolute Gasteiger partial charge is 0.255 e. The number of nitrogens with zero attached hydrogens (tertiary/aromatic N) is 1. The molecule has 2 aromatic carbocycles. The number of methoxy groups -OCH3 is 1. The Kier molecular flexibility index (Phi) is 7.38. The van der Waals surface area contributed by atoms with Crippen molar-refractivity contribution >= 4 is 15.9 Å². The van der Waals surface area contributed by atoms with Crippen LogP contribution in [-0.2, 0) is 10.0 Å². The fraction of sp³-hybridized carbons (Fsp3) is 0.458. The predicted molar refractivity (Wildman–Crippen MR) is 122 cm³/mol. The molecule has 1 heterocycles. The number of nitrogens with one attached hydrogen (secondary N) is 1. The molecule has 6 nitrogen and oxygen atoms in total. The van der Waals surface area contributed by atoms with Gasteiger partial charge in [-0.05, 0) is 55.9 Å². The highest BCUT2D eigenvalue weighted by atomic mass is 32.2. The lowest BCUT2D eigenvalue weighted by Gasteiger charge is -2.29. The Labute approximate surface area is 185 Å². The Hall–Kier alpha value is -2.38. The summed E-state index contributed by atoms with van der Waals surface area (Å²) in [5.41, 5.74) is 2.38. The highest BCUT2D eigenvalue weighted by molar-refractivity contribution is 7.89. The summed E-state index contributed by atoms with van der Waals surface area (Å²) in [4.78, 5) is 13.3. The molecule has 7 heteroatoms. The number of ether oxygens (including phenoxy) is 1. The summed E-state index contributed by atoms with van der Waals surface area (Å²) in [6.45, 7) is 7.16. The minimum atomic E-state index is -3.66. The van der Waals surface area contributed by atoms with Crippen LogP contribution in [-0.4, -0.2) is 38.8 Å². The van der Waals surface area contributed by atoms with Crippen molar-refractivity contribution in [3.05, 3.63) is 59.2 Å². The molecule has 0 aromatic heterocycles. The number of carbonyl (C=O) groups is 1. The molecule has 3 rings (SSSR count). The standard InChI is InChI=1S/C24H32N2O4S/c1-5-22(19-8-6-17(2)7-9-19)25-24(27)21-16-20(10-11-23(21)30-4)31(28,29)26-14-12-18(3)13-15-26/h6-11,16,18,22H,5,12-15H2,1-4H3,(H,25,27)/t22-/m0/s1. The van der Waals surface area contributed by atoms with Gasteiger partial charge in [0.05, 0.1) is 23.6 Å². The molecule has 1 aliphatic rings. The Balaban J connectivity index is 1.87. The SMILES string of the molecule is CC[C@H](NC(=O)c1cc(S(=O)(=O)N2CCC(C)CC2)ccc1OC)c1ccc(C)cc1. The van der Waals surface area contributed by atoms with E-state index < -0.39 is 10.0 Å². The summed E-state index contributed by atoms with van der Waals surface area (Å²) in [6.07, 6.45) is 2.40. The molecule has 0 spiro atoms. The first kappa shape index (κ1) is 23.3. The molecule has 1 atom stereocenters. The molecule has 168 valence electrons. The van der Waals surface area contributed by atoms with Gasteiger partial charge in [0.15, 0.2) is 0 Å². The molecule has 0 unspecified atom stereocenters. The molecule has 0 radical (unpaired) electrons. The highest BCUT2D eigenvalue weighted by Gasteiger charge is 2.29. The van der Waals surface area contributed by atoms with Gasteiger partial charge in [-0.25, -0.2) is 8.42 Å². The fourth-order valence-corrected chi connectivity index (χ4v) is 5.35. The number of aryl methyl sites for hydroxylation is 1. The normalized spacial score (nSPS) is 16.6. The molecular weight excluding hydrogens is 412 g/mol. The molecule has 1 fully saturated rings. The van der Waals surface area contributed by atoms with Crippen LogP contribution in [0.4, 0.5) is 0 Å². The van der Waals surface area contributed by atoms with Crippen molar-refractivity contribution in [1.29, 1.82) is 0 Å². The van der Waals surface area contributed by atoms with Crippen LogP contribution in [0.5, 0.6) is 5.75 Å². The molecular formula is C24H32N2O4S. The van der Waals surface area contributed by atoms with E-state index in [0.717, 1.165) is 24.0 Å². The van der Waals surface area contributed by atoms with Crippen LogP contribution in [0.15, 0.2) is 47.4 Å². The predicted octanol–water partition coefficient (Wildman–Crippen LogP) is 4.31. The lowest BCUT2D eigenvalue weighted by Crippen LogP contribution is -2.38. The average molecular weight is 445 g/mol. The van der Waals surface area contributed by atoms with Gasteiger partial charge in [0.25, 0.3) is 5.91 Å². The maximum absolute atomic E-state index is 13.2. The molecule has 1 amide bonds. The van der Waals surface area contributed by atoms with E-state index in [1.54, 1.807) is 6.07 Å². The minimum absolute atomic E-state index is 0.122. The quantitative estimate of drug-likeness (QED) is 0.691. The second-order valence-corrected chi connectivity index (χ2v) is 10.2. The lowest BCUT2D eigenvalue weighted by molar-refractivity contribution is 0.0932. The van der Waals surface area contributed by atoms with Crippen molar-refractivity contribution in [2.45, 2.75) is 51.0 Å².